The minimum absolute atomic E-state index is 0.0810. The molecule has 2 aromatic rings. The highest BCUT2D eigenvalue weighted by Gasteiger charge is 2.48. The Balaban J connectivity index is 1.61. The summed E-state index contributed by atoms with van der Waals surface area (Å²) in [5.74, 6) is 0. The van der Waals surface area contributed by atoms with E-state index in [1.54, 1.807) is 18.2 Å². The molecule has 2 aliphatic heterocycles. The second-order valence-electron chi connectivity index (χ2n) is 9.60. The van der Waals surface area contributed by atoms with E-state index in [0.717, 1.165) is 5.56 Å². The van der Waals surface area contributed by atoms with Crippen molar-refractivity contribution in [2.24, 2.45) is 10.3 Å². The summed E-state index contributed by atoms with van der Waals surface area (Å²) in [6.45, 7) is 1.43. The number of nitrogens with one attached hydrogen (secondary N) is 2. The van der Waals surface area contributed by atoms with Gasteiger partial charge in [-0.1, -0.05) is 35.5 Å². The fourth-order valence-corrected chi connectivity index (χ4v) is 4.87. The number of aliphatic hydroxyl groups is 1. The highest BCUT2D eigenvalue weighted by Crippen LogP contribution is 2.40. The van der Waals surface area contributed by atoms with Crippen LogP contribution in [0.1, 0.15) is 48.1 Å². The van der Waals surface area contributed by atoms with Gasteiger partial charge >= 0.3 is 12.4 Å². The van der Waals surface area contributed by atoms with Crippen molar-refractivity contribution in [3.63, 3.8) is 0 Å². The maximum atomic E-state index is 13.4. The van der Waals surface area contributed by atoms with Gasteiger partial charge in [0.2, 0.25) is 6.35 Å². The first-order valence-electron chi connectivity index (χ1n) is 12.0. The molecule has 0 amide bonds. The molecule has 0 aromatic heterocycles. The zero-order valence-corrected chi connectivity index (χ0v) is 20.7. The average molecular weight is 560 g/mol. The van der Waals surface area contributed by atoms with Crippen LogP contribution in [0.2, 0.25) is 0 Å². The first kappa shape index (κ1) is 28.6. The summed E-state index contributed by atoms with van der Waals surface area (Å²) in [5.41, 5.74) is -1.71. The second kappa shape index (κ2) is 10.7. The number of hydrogen-bond donors (Lipinski definition) is 4. The lowest BCUT2D eigenvalue weighted by molar-refractivity contribution is -0.143. The molecule has 0 bridgehead atoms. The molecule has 0 saturated carbocycles. The third kappa shape index (κ3) is 5.97. The number of hydrogen-bond acceptors (Lipinski definition) is 8. The van der Waals surface area contributed by atoms with Gasteiger partial charge in [-0.2, -0.15) is 31.4 Å². The van der Waals surface area contributed by atoms with E-state index in [2.05, 4.69) is 21.0 Å². The van der Waals surface area contributed by atoms with Crippen LogP contribution in [-0.4, -0.2) is 52.8 Å². The summed E-state index contributed by atoms with van der Waals surface area (Å²) in [4.78, 5) is 1.47. The lowest BCUT2D eigenvalue weighted by atomic mass is 9.76. The second-order valence-corrected chi connectivity index (χ2v) is 9.60. The van der Waals surface area contributed by atoms with Gasteiger partial charge in [0.25, 0.3) is 0 Å². The highest BCUT2D eigenvalue weighted by molar-refractivity contribution is 5.76. The van der Waals surface area contributed by atoms with Crippen molar-refractivity contribution < 1.29 is 41.4 Å². The Hall–Kier alpha value is -3.36. The Bertz CT molecular complexity index is 1160. The van der Waals surface area contributed by atoms with Gasteiger partial charge in [-0.25, -0.2) is 0 Å². The number of rotatable bonds is 7. The number of hydrazone groups is 1. The Morgan fingerprint density at radius 2 is 1.74 bits per heavy atom. The number of alkyl halides is 6. The third-order valence-corrected chi connectivity index (χ3v) is 7.15. The lowest BCUT2D eigenvalue weighted by Crippen LogP contribution is -2.66. The quantitative estimate of drug-likeness (QED) is 0.174. The van der Waals surface area contributed by atoms with Crippen molar-refractivity contribution in [1.82, 2.24) is 15.6 Å². The summed E-state index contributed by atoms with van der Waals surface area (Å²) in [6, 6.07) is 10.4. The molecule has 0 aliphatic carbocycles. The van der Waals surface area contributed by atoms with Gasteiger partial charge in [0.15, 0.2) is 0 Å². The maximum absolute atomic E-state index is 13.4. The van der Waals surface area contributed by atoms with Crippen LogP contribution in [0.15, 0.2) is 58.8 Å². The molecule has 4 N–H and O–H groups in total. The van der Waals surface area contributed by atoms with Crippen LogP contribution < -0.4 is 10.7 Å². The van der Waals surface area contributed by atoms with Crippen LogP contribution in [0.3, 0.4) is 0 Å². The first-order valence-corrected chi connectivity index (χ1v) is 12.0. The molecule has 0 spiro atoms. The van der Waals surface area contributed by atoms with E-state index >= 15 is 0 Å². The first-order chi connectivity index (χ1) is 18.3. The number of nitrogens with zero attached hydrogens (tertiary/aromatic N) is 3. The van der Waals surface area contributed by atoms with Crippen molar-refractivity contribution in [2.75, 3.05) is 13.2 Å². The predicted octanol–water partition coefficient (Wildman–Crippen LogP) is 4.40. The smallest absolute Gasteiger partial charge is 0.411 e. The highest BCUT2D eigenvalue weighted by atomic mass is 19.4. The van der Waals surface area contributed by atoms with Crippen LogP contribution >= 0.6 is 0 Å². The van der Waals surface area contributed by atoms with E-state index in [1.807, 2.05) is 12.1 Å². The number of aliphatic hydroxyl groups excluding tert-OH is 1. The summed E-state index contributed by atoms with van der Waals surface area (Å²) in [7, 11) is 0. The summed E-state index contributed by atoms with van der Waals surface area (Å²) < 4.78 is 86.2. The minimum atomic E-state index is -4.97. The SMILES string of the molecule is C[C@@H](OC[C@@]1(c2ccccc2)CC[C@@](/C=N/O)(N2C=NNC2O)CN1)c1cc(C(F)(F)F)cc(C(F)(F)F)c1. The van der Waals surface area contributed by atoms with Crippen LogP contribution in [0.5, 0.6) is 0 Å². The zero-order valence-electron chi connectivity index (χ0n) is 20.7. The number of ether oxygens (including phenoxy) is 1. The predicted molar refractivity (Wildman–Crippen MR) is 129 cm³/mol. The summed E-state index contributed by atoms with van der Waals surface area (Å²) in [6.07, 6.45) is -8.93. The molecule has 4 atom stereocenters. The maximum Gasteiger partial charge on any atom is 0.416 e. The summed E-state index contributed by atoms with van der Waals surface area (Å²) >= 11 is 0. The van der Waals surface area contributed by atoms with Gasteiger partial charge in [0, 0.05) is 6.54 Å². The molecule has 0 radical (unpaired) electrons. The van der Waals surface area contributed by atoms with Crippen LogP contribution in [0, 0.1) is 0 Å². The molecule has 1 unspecified atom stereocenters. The van der Waals surface area contributed by atoms with Crippen molar-refractivity contribution in [1.29, 1.82) is 0 Å². The number of benzene rings is 2. The van der Waals surface area contributed by atoms with E-state index in [1.165, 1.54) is 24.4 Å². The van der Waals surface area contributed by atoms with Crippen LogP contribution in [0.4, 0.5) is 26.3 Å². The Morgan fingerprint density at radius 3 is 2.23 bits per heavy atom. The van der Waals surface area contributed by atoms with Gasteiger partial charge in [0.05, 0.1) is 41.1 Å². The third-order valence-electron chi connectivity index (χ3n) is 7.15. The molecule has 14 heteroatoms. The molecule has 4 rings (SSSR count). The molecule has 1 fully saturated rings. The minimum Gasteiger partial charge on any atom is -0.411 e. The molecule has 8 nitrogen and oxygen atoms in total. The lowest BCUT2D eigenvalue weighted by Gasteiger charge is -2.49. The van der Waals surface area contributed by atoms with Gasteiger partial charge in [-0.05, 0) is 49.1 Å². The zero-order chi connectivity index (χ0) is 28.5. The molecule has 2 aromatic carbocycles. The molecule has 39 heavy (non-hydrogen) atoms. The molecule has 212 valence electrons. The normalized spacial score (nSPS) is 26.7. The number of piperidine rings is 1. The molecule has 2 heterocycles. The van der Waals surface area contributed by atoms with Gasteiger partial charge < -0.3 is 25.3 Å². The van der Waals surface area contributed by atoms with E-state index < -0.39 is 47.0 Å². The standard InChI is InChI=1S/C25H27F6N5O3/c1-16(17-9-19(24(26,27)28)11-20(10-17)25(29,30)31)39-14-23(18-5-3-2-4-6-18)8-7-22(12-32-23,13-34-38)36-15-33-35-21(36)37/h2-6,9-11,13,15-16,21,32,35,37-38H,7-8,12,14H2,1H3/b34-13+/t16-,21?,22-,23-/m1/s1. The number of halogens is 6. The monoisotopic (exact) mass is 559 g/mol. The van der Waals surface area contributed by atoms with Crippen LogP contribution in [-0.2, 0) is 22.6 Å². The van der Waals surface area contributed by atoms with Crippen molar-refractivity contribution in [3.8, 4) is 0 Å². The summed E-state index contributed by atoms with van der Waals surface area (Å²) in [5, 5.41) is 30.0. The van der Waals surface area contributed by atoms with Crippen LogP contribution in [0.25, 0.3) is 0 Å². The Labute approximate surface area is 219 Å². The van der Waals surface area contributed by atoms with E-state index in [0.29, 0.717) is 25.0 Å². The Morgan fingerprint density at radius 1 is 1.10 bits per heavy atom. The van der Waals surface area contributed by atoms with E-state index in [4.69, 9.17) is 4.74 Å². The van der Waals surface area contributed by atoms with E-state index in [-0.39, 0.29) is 24.8 Å². The van der Waals surface area contributed by atoms with Gasteiger partial charge in [-0.15, -0.1) is 0 Å². The molecule has 2 aliphatic rings. The molecule has 1 saturated heterocycles. The molecular weight excluding hydrogens is 532 g/mol. The average Bonchev–Trinajstić information content (AvgIpc) is 3.34. The fraction of sp³-hybridized carbons (Fsp3) is 0.440. The largest absolute Gasteiger partial charge is 0.416 e. The fourth-order valence-electron chi connectivity index (χ4n) is 4.87. The molecular formula is C25H27F6N5O3. The number of oxime groups is 1. The van der Waals surface area contributed by atoms with Crippen molar-refractivity contribution >= 4 is 12.6 Å². The van der Waals surface area contributed by atoms with Gasteiger partial charge in [0.1, 0.15) is 6.34 Å². The van der Waals surface area contributed by atoms with Crippen molar-refractivity contribution in [3.05, 3.63) is 70.8 Å². The van der Waals surface area contributed by atoms with Crippen molar-refractivity contribution in [2.45, 2.75) is 55.7 Å². The topological polar surface area (TPSA) is 102 Å². The van der Waals surface area contributed by atoms with E-state index in [9.17, 15) is 36.7 Å². The van der Waals surface area contributed by atoms with Gasteiger partial charge in [-0.3, -0.25) is 5.43 Å². The Kier molecular flexibility index (Phi) is 7.83.